The average Bonchev–Trinajstić information content (AvgIpc) is 2.58. The Bertz CT molecular complexity index is 912. The third-order valence-corrected chi connectivity index (χ3v) is 4.10. The quantitative estimate of drug-likeness (QED) is 0.683. The van der Waals surface area contributed by atoms with Crippen molar-refractivity contribution in [1.82, 2.24) is 4.98 Å². The SMILES string of the molecule is COc1ccc2cc(C(=O)O)c(NCc3cccc(Br)c3)nc2c1. The molecule has 0 aliphatic rings. The lowest BCUT2D eigenvalue weighted by Gasteiger charge is -2.11. The Hall–Kier alpha value is -2.60. The lowest BCUT2D eigenvalue weighted by atomic mass is 10.1. The van der Waals surface area contributed by atoms with Crippen molar-refractivity contribution in [2.75, 3.05) is 12.4 Å². The van der Waals surface area contributed by atoms with Crippen LogP contribution >= 0.6 is 15.9 Å². The van der Waals surface area contributed by atoms with E-state index in [9.17, 15) is 9.90 Å². The molecule has 2 aromatic carbocycles. The van der Waals surface area contributed by atoms with Crippen LogP contribution in [0.4, 0.5) is 5.82 Å². The Morgan fingerprint density at radius 1 is 1.25 bits per heavy atom. The third kappa shape index (κ3) is 3.49. The molecule has 0 atom stereocenters. The van der Waals surface area contributed by atoms with Crippen LogP contribution in [-0.2, 0) is 6.54 Å². The minimum absolute atomic E-state index is 0.141. The number of carboxylic acid groups (broad SMARTS) is 1. The van der Waals surface area contributed by atoms with Crippen LogP contribution in [0.5, 0.6) is 5.75 Å². The topological polar surface area (TPSA) is 71.5 Å². The molecule has 3 rings (SSSR count). The first-order valence-corrected chi connectivity index (χ1v) is 8.06. The van der Waals surface area contributed by atoms with E-state index in [-0.39, 0.29) is 5.56 Å². The first-order valence-electron chi connectivity index (χ1n) is 7.27. The summed E-state index contributed by atoms with van der Waals surface area (Å²) in [4.78, 5) is 16.0. The molecular formula is C18H15BrN2O3. The Morgan fingerprint density at radius 2 is 2.08 bits per heavy atom. The average molecular weight is 387 g/mol. The molecule has 24 heavy (non-hydrogen) atoms. The Labute approximate surface area is 147 Å². The summed E-state index contributed by atoms with van der Waals surface area (Å²) in [5, 5.41) is 13.3. The maximum absolute atomic E-state index is 11.5. The van der Waals surface area contributed by atoms with Crippen LogP contribution in [0.25, 0.3) is 10.9 Å². The second-order valence-corrected chi connectivity index (χ2v) is 6.15. The maximum atomic E-state index is 11.5. The second kappa shape index (κ2) is 6.88. The van der Waals surface area contributed by atoms with Gasteiger partial charge in [-0.1, -0.05) is 28.1 Å². The van der Waals surface area contributed by atoms with E-state index in [1.807, 2.05) is 24.3 Å². The van der Waals surface area contributed by atoms with Gasteiger partial charge in [0.2, 0.25) is 0 Å². The molecule has 0 radical (unpaired) electrons. The number of anilines is 1. The number of methoxy groups -OCH3 is 1. The second-order valence-electron chi connectivity index (χ2n) is 5.23. The fraction of sp³-hybridized carbons (Fsp3) is 0.111. The van der Waals surface area contributed by atoms with Crippen LogP contribution < -0.4 is 10.1 Å². The van der Waals surface area contributed by atoms with Crippen molar-refractivity contribution in [1.29, 1.82) is 0 Å². The number of carboxylic acids is 1. The smallest absolute Gasteiger partial charge is 0.339 e. The van der Waals surface area contributed by atoms with E-state index in [1.165, 1.54) is 0 Å². The number of hydrogen-bond acceptors (Lipinski definition) is 4. The van der Waals surface area contributed by atoms with Crippen LogP contribution in [0.1, 0.15) is 15.9 Å². The molecule has 0 spiro atoms. The molecular weight excluding hydrogens is 372 g/mol. The highest BCUT2D eigenvalue weighted by atomic mass is 79.9. The summed E-state index contributed by atoms with van der Waals surface area (Å²) in [6, 6.07) is 14.8. The fourth-order valence-corrected chi connectivity index (χ4v) is 2.85. The van der Waals surface area contributed by atoms with Crippen LogP contribution in [0.2, 0.25) is 0 Å². The van der Waals surface area contributed by atoms with Gasteiger partial charge in [0.1, 0.15) is 17.1 Å². The highest BCUT2D eigenvalue weighted by Crippen LogP contribution is 2.25. The number of nitrogens with zero attached hydrogens (tertiary/aromatic N) is 1. The zero-order chi connectivity index (χ0) is 17.1. The first kappa shape index (κ1) is 16.3. The number of carbonyl (C=O) groups is 1. The van der Waals surface area contributed by atoms with Gasteiger partial charge in [-0.15, -0.1) is 0 Å². The maximum Gasteiger partial charge on any atom is 0.339 e. The number of hydrogen-bond donors (Lipinski definition) is 2. The van der Waals surface area contributed by atoms with Gasteiger partial charge in [0.05, 0.1) is 12.6 Å². The molecule has 0 aliphatic carbocycles. The summed E-state index contributed by atoms with van der Waals surface area (Å²) in [7, 11) is 1.58. The van der Waals surface area contributed by atoms with Gasteiger partial charge in [0.15, 0.2) is 0 Å². The van der Waals surface area contributed by atoms with Gasteiger partial charge in [0, 0.05) is 22.5 Å². The molecule has 5 nitrogen and oxygen atoms in total. The molecule has 0 aliphatic heterocycles. The zero-order valence-electron chi connectivity index (χ0n) is 12.9. The Morgan fingerprint density at radius 3 is 2.79 bits per heavy atom. The molecule has 0 bridgehead atoms. The predicted octanol–water partition coefficient (Wildman–Crippen LogP) is 4.32. The van der Waals surface area contributed by atoms with Crippen molar-refractivity contribution in [3.8, 4) is 5.75 Å². The molecule has 1 aromatic heterocycles. The minimum Gasteiger partial charge on any atom is -0.497 e. The molecule has 2 N–H and O–H groups in total. The predicted molar refractivity (Wildman–Crippen MR) is 96.7 cm³/mol. The molecule has 0 amide bonds. The summed E-state index contributed by atoms with van der Waals surface area (Å²) < 4.78 is 6.17. The van der Waals surface area contributed by atoms with Gasteiger partial charge >= 0.3 is 5.97 Å². The van der Waals surface area contributed by atoms with Crippen molar-refractivity contribution in [3.63, 3.8) is 0 Å². The summed E-state index contributed by atoms with van der Waals surface area (Å²) >= 11 is 3.42. The lowest BCUT2D eigenvalue weighted by Crippen LogP contribution is -2.08. The van der Waals surface area contributed by atoms with E-state index in [0.29, 0.717) is 23.6 Å². The standard InChI is InChI=1S/C18H15BrN2O3/c1-24-14-6-5-12-8-15(18(22)23)17(21-16(12)9-14)20-10-11-3-2-4-13(19)7-11/h2-9H,10H2,1H3,(H,20,21)(H,22,23). The van der Waals surface area contributed by atoms with Gasteiger partial charge in [-0.3, -0.25) is 0 Å². The molecule has 3 aromatic rings. The molecule has 0 saturated heterocycles. The van der Waals surface area contributed by atoms with E-state index < -0.39 is 5.97 Å². The molecule has 1 heterocycles. The van der Waals surface area contributed by atoms with Crippen LogP contribution in [-0.4, -0.2) is 23.2 Å². The number of aromatic carboxylic acids is 1. The van der Waals surface area contributed by atoms with Gasteiger partial charge < -0.3 is 15.2 Å². The normalized spacial score (nSPS) is 10.6. The monoisotopic (exact) mass is 386 g/mol. The van der Waals surface area contributed by atoms with Gasteiger partial charge in [0.25, 0.3) is 0 Å². The summed E-state index contributed by atoms with van der Waals surface area (Å²) in [6.07, 6.45) is 0. The molecule has 0 saturated carbocycles. The van der Waals surface area contributed by atoms with Crippen molar-refractivity contribution in [3.05, 3.63) is 64.1 Å². The van der Waals surface area contributed by atoms with Gasteiger partial charge in [-0.05, 0) is 35.9 Å². The highest BCUT2D eigenvalue weighted by molar-refractivity contribution is 9.10. The fourth-order valence-electron chi connectivity index (χ4n) is 2.40. The van der Waals surface area contributed by atoms with E-state index in [4.69, 9.17) is 4.74 Å². The highest BCUT2D eigenvalue weighted by Gasteiger charge is 2.14. The van der Waals surface area contributed by atoms with Gasteiger partial charge in [-0.2, -0.15) is 0 Å². The van der Waals surface area contributed by atoms with E-state index in [0.717, 1.165) is 15.4 Å². The van der Waals surface area contributed by atoms with Crippen molar-refractivity contribution >= 4 is 38.6 Å². The summed E-state index contributed by atoms with van der Waals surface area (Å²) in [5.41, 5.74) is 1.84. The van der Waals surface area contributed by atoms with Crippen molar-refractivity contribution in [2.24, 2.45) is 0 Å². The summed E-state index contributed by atoms with van der Waals surface area (Å²) in [6.45, 7) is 0.474. The van der Waals surface area contributed by atoms with E-state index in [2.05, 4.69) is 26.2 Å². The number of nitrogens with one attached hydrogen (secondary N) is 1. The zero-order valence-corrected chi connectivity index (χ0v) is 14.5. The van der Waals surface area contributed by atoms with E-state index >= 15 is 0 Å². The van der Waals surface area contributed by atoms with E-state index in [1.54, 1.807) is 31.4 Å². The van der Waals surface area contributed by atoms with Crippen LogP contribution in [0.3, 0.4) is 0 Å². The Balaban J connectivity index is 1.97. The Kier molecular flexibility index (Phi) is 4.66. The number of aromatic nitrogens is 1. The van der Waals surface area contributed by atoms with Crippen LogP contribution in [0, 0.1) is 0 Å². The largest absolute Gasteiger partial charge is 0.497 e. The third-order valence-electron chi connectivity index (χ3n) is 3.60. The minimum atomic E-state index is -1.02. The number of benzene rings is 2. The molecule has 6 heteroatoms. The molecule has 0 unspecified atom stereocenters. The van der Waals surface area contributed by atoms with Crippen molar-refractivity contribution < 1.29 is 14.6 Å². The number of ether oxygens (including phenoxy) is 1. The molecule has 0 fully saturated rings. The van der Waals surface area contributed by atoms with Gasteiger partial charge in [-0.25, -0.2) is 9.78 Å². The summed E-state index contributed by atoms with van der Waals surface area (Å²) in [5.74, 6) is -0.00351. The number of fused-ring (bicyclic) bond motifs is 1. The number of halogens is 1. The first-order chi connectivity index (χ1) is 11.6. The number of pyridine rings is 1. The van der Waals surface area contributed by atoms with Crippen molar-refractivity contribution in [2.45, 2.75) is 6.54 Å². The molecule has 122 valence electrons. The lowest BCUT2D eigenvalue weighted by molar-refractivity contribution is 0.0697. The van der Waals surface area contributed by atoms with Crippen LogP contribution in [0.15, 0.2) is 53.0 Å². The number of rotatable bonds is 5.